The molecule has 27 heavy (non-hydrogen) atoms. The minimum absolute atomic E-state index is 0.0150. The molecular weight excluding hydrogens is 365 g/mol. The van der Waals surface area contributed by atoms with Crippen molar-refractivity contribution in [1.29, 1.82) is 0 Å². The van der Waals surface area contributed by atoms with Crippen LogP contribution >= 0.6 is 0 Å². The summed E-state index contributed by atoms with van der Waals surface area (Å²) in [5, 5.41) is 5.10. The zero-order valence-electron chi connectivity index (χ0n) is 14.6. The largest absolute Gasteiger partial charge is 0.468 e. The van der Waals surface area contributed by atoms with Gasteiger partial charge in [-0.15, -0.1) is 0 Å². The molecule has 0 atom stereocenters. The van der Waals surface area contributed by atoms with Crippen molar-refractivity contribution in [3.05, 3.63) is 47.3 Å². The average molecular weight is 382 g/mol. The van der Waals surface area contributed by atoms with Gasteiger partial charge >= 0.3 is 6.18 Å². The summed E-state index contributed by atoms with van der Waals surface area (Å²) < 4.78 is 41.1. The van der Waals surface area contributed by atoms with Crippen LogP contribution in [0.3, 0.4) is 0 Å². The summed E-state index contributed by atoms with van der Waals surface area (Å²) in [6.45, 7) is 1.53. The molecule has 0 radical (unpaired) electrons. The molecule has 0 spiro atoms. The number of carbonyl (C=O) groups excluding carboxylic acids is 2. The van der Waals surface area contributed by atoms with E-state index in [0.29, 0.717) is 11.4 Å². The Morgan fingerprint density at radius 3 is 2.59 bits per heavy atom. The van der Waals surface area contributed by atoms with Crippen LogP contribution in [0, 0.1) is 6.92 Å². The van der Waals surface area contributed by atoms with Gasteiger partial charge in [0.2, 0.25) is 11.8 Å². The Balaban J connectivity index is 2.01. The van der Waals surface area contributed by atoms with Gasteiger partial charge in [0, 0.05) is 24.2 Å². The van der Waals surface area contributed by atoms with Crippen molar-refractivity contribution in [1.82, 2.24) is 15.3 Å². The third kappa shape index (κ3) is 6.92. The molecule has 144 valence electrons. The molecule has 0 saturated carbocycles. The van der Waals surface area contributed by atoms with Gasteiger partial charge in [-0.05, 0) is 25.1 Å². The first-order valence-electron chi connectivity index (χ1n) is 7.82. The van der Waals surface area contributed by atoms with E-state index in [9.17, 15) is 22.8 Å². The normalized spacial score (nSPS) is 11.0. The first kappa shape index (κ1) is 20.1. The first-order chi connectivity index (χ1) is 12.6. The van der Waals surface area contributed by atoms with Crippen LogP contribution < -0.4 is 15.4 Å². The van der Waals surface area contributed by atoms with Crippen LogP contribution in [0.2, 0.25) is 0 Å². The number of ether oxygens (including phenoxy) is 1. The summed E-state index contributed by atoms with van der Waals surface area (Å²) in [5.41, 5.74) is 1.14. The highest BCUT2D eigenvalue weighted by Crippen LogP contribution is 2.17. The predicted molar refractivity (Wildman–Crippen MR) is 90.2 cm³/mol. The fourth-order valence-corrected chi connectivity index (χ4v) is 2.11. The zero-order valence-corrected chi connectivity index (χ0v) is 14.6. The van der Waals surface area contributed by atoms with Crippen molar-refractivity contribution in [2.75, 3.05) is 11.9 Å². The van der Waals surface area contributed by atoms with Crippen LogP contribution in [0.15, 0.2) is 30.3 Å². The second-order valence-corrected chi connectivity index (χ2v) is 5.62. The highest BCUT2D eigenvalue weighted by atomic mass is 19.4. The third-order valence-electron chi connectivity index (χ3n) is 3.11. The number of halogens is 3. The van der Waals surface area contributed by atoms with Crippen LogP contribution in [0.1, 0.15) is 28.7 Å². The van der Waals surface area contributed by atoms with Crippen LogP contribution in [0.4, 0.5) is 19.0 Å². The van der Waals surface area contributed by atoms with Gasteiger partial charge in [0.15, 0.2) is 6.61 Å². The number of hydrogen-bond acceptors (Lipinski definition) is 5. The Labute approximate surface area is 153 Å². The maximum atomic E-state index is 12.3. The van der Waals surface area contributed by atoms with E-state index in [0.717, 1.165) is 0 Å². The second-order valence-electron chi connectivity index (χ2n) is 5.62. The van der Waals surface area contributed by atoms with Gasteiger partial charge in [-0.2, -0.15) is 13.2 Å². The number of anilines is 1. The number of aromatic nitrogens is 2. The summed E-state index contributed by atoms with van der Waals surface area (Å²) in [5.74, 6) is -0.713. The van der Waals surface area contributed by atoms with Gasteiger partial charge in [-0.3, -0.25) is 9.59 Å². The molecule has 0 aliphatic rings. The summed E-state index contributed by atoms with van der Waals surface area (Å²) in [6.07, 6.45) is -4.46. The van der Waals surface area contributed by atoms with Crippen molar-refractivity contribution in [3.8, 4) is 5.88 Å². The van der Waals surface area contributed by atoms with E-state index in [2.05, 4.69) is 25.3 Å². The highest BCUT2D eigenvalue weighted by Gasteiger charge is 2.28. The van der Waals surface area contributed by atoms with Crippen molar-refractivity contribution < 1.29 is 27.5 Å². The van der Waals surface area contributed by atoms with Gasteiger partial charge in [0.1, 0.15) is 5.82 Å². The fourth-order valence-electron chi connectivity index (χ4n) is 2.11. The van der Waals surface area contributed by atoms with Crippen LogP contribution in [-0.4, -0.2) is 34.6 Å². The van der Waals surface area contributed by atoms with E-state index in [4.69, 9.17) is 0 Å². The van der Waals surface area contributed by atoms with Crippen molar-refractivity contribution in [2.45, 2.75) is 26.6 Å². The predicted octanol–water partition coefficient (Wildman–Crippen LogP) is 2.61. The van der Waals surface area contributed by atoms with E-state index in [1.165, 1.54) is 31.2 Å². The minimum atomic E-state index is -4.46. The summed E-state index contributed by atoms with van der Waals surface area (Å²) in [4.78, 5) is 31.4. The molecule has 7 nitrogen and oxygen atoms in total. The average Bonchev–Trinajstić information content (AvgIpc) is 2.56. The number of carbonyl (C=O) groups is 2. The Morgan fingerprint density at radius 1 is 1.19 bits per heavy atom. The molecular formula is C17H17F3N4O3. The summed E-state index contributed by atoms with van der Waals surface area (Å²) >= 11 is 0. The lowest BCUT2D eigenvalue weighted by Gasteiger charge is -2.10. The molecule has 2 amide bonds. The molecule has 2 aromatic heterocycles. The number of hydrogen-bond donors (Lipinski definition) is 2. The lowest BCUT2D eigenvalue weighted by atomic mass is 10.2. The lowest BCUT2D eigenvalue weighted by molar-refractivity contribution is -0.154. The summed E-state index contributed by atoms with van der Waals surface area (Å²) in [7, 11) is 0. The maximum absolute atomic E-state index is 12.3. The van der Waals surface area contributed by atoms with Gasteiger partial charge < -0.3 is 15.4 Å². The molecule has 2 heterocycles. The Hall–Kier alpha value is -3.17. The van der Waals surface area contributed by atoms with Crippen molar-refractivity contribution in [3.63, 3.8) is 0 Å². The monoisotopic (exact) mass is 382 g/mol. The highest BCUT2D eigenvalue weighted by molar-refractivity contribution is 5.96. The van der Waals surface area contributed by atoms with E-state index in [1.807, 2.05) is 0 Å². The Bertz CT molecular complexity index is 840. The molecule has 0 saturated heterocycles. The fraction of sp³-hybridized carbons (Fsp3) is 0.294. The van der Waals surface area contributed by atoms with Gasteiger partial charge in [-0.1, -0.05) is 6.07 Å². The number of amides is 2. The molecule has 0 bridgehead atoms. The minimum Gasteiger partial charge on any atom is -0.468 e. The van der Waals surface area contributed by atoms with Gasteiger partial charge in [0.05, 0.1) is 12.2 Å². The number of nitrogens with zero attached hydrogens (tertiary/aromatic N) is 2. The van der Waals surface area contributed by atoms with E-state index >= 15 is 0 Å². The number of rotatable bonds is 6. The van der Waals surface area contributed by atoms with E-state index in [-0.39, 0.29) is 29.7 Å². The van der Waals surface area contributed by atoms with E-state index < -0.39 is 18.7 Å². The van der Waals surface area contributed by atoms with Gasteiger partial charge in [0.25, 0.3) is 5.91 Å². The topological polar surface area (TPSA) is 93.2 Å². The molecule has 10 heteroatoms. The molecule has 0 aliphatic carbocycles. The van der Waals surface area contributed by atoms with Crippen LogP contribution in [0.25, 0.3) is 0 Å². The SMILES string of the molecule is CC(=O)Nc1cc(C(=O)NCc2cccc(OCC(F)(F)F)n2)cc(C)n1. The van der Waals surface area contributed by atoms with Crippen molar-refractivity contribution in [2.24, 2.45) is 0 Å². The number of aryl methyl sites for hydroxylation is 1. The van der Waals surface area contributed by atoms with E-state index in [1.54, 1.807) is 13.0 Å². The third-order valence-corrected chi connectivity index (χ3v) is 3.11. The number of nitrogens with one attached hydrogen (secondary N) is 2. The van der Waals surface area contributed by atoms with Gasteiger partial charge in [-0.25, -0.2) is 9.97 Å². The smallest absolute Gasteiger partial charge is 0.422 e. The lowest BCUT2D eigenvalue weighted by Crippen LogP contribution is -2.24. The first-order valence-corrected chi connectivity index (χ1v) is 7.82. The Kier molecular flexibility index (Phi) is 6.32. The molecule has 0 aromatic carbocycles. The van der Waals surface area contributed by atoms with Crippen molar-refractivity contribution >= 4 is 17.6 Å². The van der Waals surface area contributed by atoms with Crippen LogP contribution in [-0.2, 0) is 11.3 Å². The maximum Gasteiger partial charge on any atom is 0.422 e. The molecule has 2 aromatic rings. The molecule has 2 N–H and O–H groups in total. The molecule has 0 aliphatic heterocycles. The standard InChI is InChI=1S/C17H17F3N4O3/c1-10-6-12(7-14(22-10)23-11(2)25)16(26)21-8-13-4-3-5-15(24-13)27-9-17(18,19)20/h3-7H,8-9H2,1-2H3,(H,21,26)(H,22,23,25). The molecule has 2 rings (SSSR count). The van der Waals surface area contributed by atoms with Crippen LogP contribution in [0.5, 0.6) is 5.88 Å². The summed E-state index contributed by atoms with van der Waals surface area (Å²) in [6, 6.07) is 7.27. The zero-order chi connectivity index (χ0) is 20.0. The number of alkyl halides is 3. The quantitative estimate of drug-likeness (QED) is 0.801. The Morgan fingerprint density at radius 2 is 1.93 bits per heavy atom. The second kappa shape index (κ2) is 8.47. The molecule has 0 fully saturated rings. The number of pyridine rings is 2. The molecule has 0 unspecified atom stereocenters.